The molecule has 0 atom stereocenters. The number of ether oxygens (including phenoxy) is 2. The van der Waals surface area contributed by atoms with E-state index in [2.05, 4.69) is 5.32 Å². The zero-order chi connectivity index (χ0) is 20.8. The Balaban J connectivity index is 1.75. The molecular weight excluding hydrogens is 429 g/mol. The second-order valence-corrected chi connectivity index (χ2v) is 7.81. The highest BCUT2D eigenvalue weighted by Crippen LogP contribution is 2.35. The Kier molecular flexibility index (Phi) is 7.54. The lowest BCUT2D eigenvalue weighted by molar-refractivity contribution is 0.269. The average molecular weight is 451 g/mol. The average Bonchev–Trinajstić information content (AvgIpc) is 2.69. The van der Waals surface area contributed by atoms with E-state index in [0.717, 1.165) is 27.4 Å². The lowest BCUT2D eigenvalue weighted by atomic mass is 10.1. The highest BCUT2D eigenvalue weighted by Gasteiger charge is 2.12. The first-order valence-corrected chi connectivity index (χ1v) is 10.4. The summed E-state index contributed by atoms with van der Waals surface area (Å²) in [7, 11) is 0. The fraction of sp³-hybridized carbons (Fsp3) is 0.217. The van der Waals surface area contributed by atoms with E-state index in [1.165, 1.54) is 0 Å². The molecule has 0 spiro atoms. The summed E-state index contributed by atoms with van der Waals surface area (Å²) in [4.78, 5) is 0. The maximum atomic E-state index is 6.51. The third-order valence-corrected chi connectivity index (χ3v) is 5.34. The Morgan fingerprint density at radius 2 is 1.66 bits per heavy atom. The molecule has 0 amide bonds. The number of hydrogen-bond acceptors (Lipinski definition) is 3. The minimum Gasteiger partial charge on any atom is -0.490 e. The number of anilines is 1. The first-order chi connectivity index (χ1) is 14.0. The van der Waals surface area contributed by atoms with Crippen molar-refractivity contribution in [2.75, 3.05) is 11.9 Å². The van der Waals surface area contributed by atoms with Crippen molar-refractivity contribution in [1.29, 1.82) is 0 Å². The third-order valence-electron chi connectivity index (χ3n) is 4.35. The summed E-state index contributed by atoms with van der Waals surface area (Å²) in [5.74, 6) is 1.25. The van der Waals surface area contributed by atoms with Gasteiger partial charge in [0.15, 0.2) is 11.5 Å². The van der Waals surface area contributed by atoms with Gasteiger partial charge in [0.25, 0.3) is 0 Å². The molecule has 0 unspecified atom stereocenters. The van der Waals surface area contributed by atoms with Crippen LogP contribution >= 0.6 is 34.8 Å². The molecular formula is C23H22Cl3NO2. The predicted molar refractivity (Wildman–Crippen MR) is 122 cm³/mol. The molecule has 3 aromatic rings. The van der Waals surface area contributed by atoms with Crippen LogP contribution in [0.25, 0.3) is 0 Å². The van der Waals surface area contributed by atoms with Crippen LogP contribution in [0.1, 0.15) is 23.6 Å². The Bertz CT molecular complexity index is 992. The summed E-state index contributed by atoms with van der Waals surface area (Å²) in [5, 5.41) is 5.34. The van der Waals surface area contributed by atoms with Crippen LogP contribution in [0.3, 0.4) is 0 Å². The van der Waals surface area contributed by atoms with Gasteiger partial charge in [-0.05, 0) is 60.9 Å². The fourth-order valence-corrected chi connectivity index (χ4v) is 3.40. The molecule has 0 saturated heterocycles. The van der Waals surface area contributed by atoms with E-state index in [-0.39, 0.29) is 0 Å². The maximum Gasteiger partial charge on any atom is 0.163 e. The topological polar surface area (TPSA) is 30.5 Å². The Morgan fingerprint density at radius 3 is 2.38 bits per heavy atom. The molecule has 0 heterocycles. The molecule has 0 aliphatic carbocycles. The molecule has 0 radical (unpaired) electrons. The number of halogens is 3. The zero-order valence-corrected chi connectivity index (χ0v) is 18.5. The van der Waals surface area contributed by atoms with Crippen molar-refractivity contribution in [2.24, 2.45) is 0 Å². The first kappa shape index (κ1) is 21.6. The van der Waals surface area contributed by atoms with Crippen molar-refractivity contribution in [1.82, 2.24) is 0 Å². The fourth-order valence-electron chi connectivity index (χ4n) is 2.78. The van der Waals surface area contributed by atoms with Crippen molar-refractivity contribution < 1.29 is 9.47 Å². The zero-order valence-electron chi connectivity index (χ0n) is 16.3. The van der Waals surface area contributed by atoms with Gasteiger partial charge in [0.1, 0.15) is 6.61 Å². The van der Waals surface area contributed by atoms with Gasteiger partial charge in [-0.15, -0.1) is 0 Å². The van der Waals surface area contributed by atoms with Crippen LogP contribution in [-0.4, -0.2) is 6.61 Å². The van der Waals surface area contributed by atoms with Crippen molar-refractivity contribution in [3.8, 4) is 11.5 Å². The van der Waals surface area contributed by atoms with E-state index in [9.17, 15) is 0 Å². The van der Waals surface area contributed by atoms with Crippen LogP contribution < -0.4 is 14.8 Å². The summed E-state index contributed by atoms with van der Waals surface area (Å²) < 4.78 is 11.7. The van der Waals surface area contributed by atoms with Crippen LogP contribution in [0.2, 0.25) is 15.1 Å². The minimum absolute atomic E-state index is 0.371. The van der Waals surface area contributed by atoms with Crippen molar-refractivity contribution in [3.63, 3.8) is 0 Å². The molecule has 0 fully saturated rings. The molecule has 3 rings (SSSR count). The molecule has 0 aliphatic heterocycles. The smallest absolute Gasteiger partial charge is 0.163 e. The molecule has 0 bridgehead atoms. The van der Waals surface area contributed by atoms with E-state index in [1.807, 2.05) is 62.4 Å². The summed E-state index contributed by atoms with van der Waals surface area (Å²) in [6.07, 6.45) is 0. The highest BCUT2D eigenvalue weighted by molar-refractivity contribution is 6.32. The van der Waals surface area contributed by atoms with Crippen LogP contribution in [0.5, 0.6) is 11.5 Å². The van der Waals surface area contributed by atoms with Crippen molar-refractivity contribution in [2.45, 2.75) is 27.0 Å². The van der Waals surface area contributed by atoms with Gasteiger partial charge in [0.05, 0.1) is 6.61 Å². The van der Waals surface area contributed by atoms with Crippen molar-refractivity contribution >= 4 is 40.5 Å². The van der Waals surface area contributed by atoms with Crippen LogP contribution in [0.15, 0.2) is 54.6 Å². The number of rotatable bonds is 8. The van der Waals surface area contributed by atoms with Gasteiger partial charge in [-0.2, -0.15) is 0 Å². The normalized spacial score (nSPS) is 10.7. The molecule has 3 aromatic carbocycles. The quantitative estimate of drug-likeness (QED) is 0.384. The van der Waals surface area contributed by atoms with Crippen LogP contribution in [0, 0.1) is 6.92 Å². The summed E-state index contributed by atoms with van der Waals surface area (Å²) in [6, 6.07) is 17.1. The molecule has 29 heavy (non-hydrogen) atoms. The lowest BCUT2D eigenvalue weighted by Gasteiger charge is -2.16. The van der Waals surface area contributed by atoms with Gasteiger partial charge in [-0.25, -0.2) is 0 Å². The van der Waals surface area contributed by atoms with Gasteiger partial charge in [0, 0.05) is 33.4 Å². The predicted octanol–water partition coefficient (Wildman–Crippen LogP) is 7.55. The molecule has 0 saturated carbocycles. The second-order valence-electron chi connectivity index (χ2n) is 6.56. The Morgan fingerprint density at radius 1 is 0.862 bits per heavy atom. The third kappa shape index (κ3) is 5.96. The second kappa shape index (κ2) is 10.1. The maximum absolute atomic E-state index is 6.51. The SMILES string of the molecule is CCOc1cc(CNc2ccc(C)c(Cl)c2)c(Cl)cc1OCc1cccc(Cl)c1. The first-order valence-electron chi connectivity index (χ1n) is 9.28. The summed E-state index contributed by atoms with van der Waals surface area (Å²) in [5.41, 5.74) is 3.84. The van der Waals surface area contributed by atoms with E-state index in [0.29, 0.717) is 41.3 Å². The van der Waals surface area contributed by atoms with E-state index >= 15 is 0 Å². The number of nitrogens with one attached hydrogen (secondary N) is 1. The largest absolute Gasteiger partial charge is 0.490 e. The summed E-state index contributed by atoms with van der Waals surface area (Å²) in [6.45, 7) is 5.33. The van der Waals surface area contributed by atoms with E-state index < -0.39 is 0 Å². The van der Waals surface area contributed by atoms with Gasteiger partial charge >= 0.3 is 0 Å². The lowest BCUT2D eigenvalue weighted by Crippen LogP contribution is -2.04. The molecule has 0 aromatic heterocycles. The van der Waals surface area contributed by atoms with Crippen molar-refractivity contribution in [3.05, 3.63) is 86.4 Å². The monoisotopic (exact) mass is 449 g/mol. The molecule has 0 aliphatic rings. The Labute approximate surface area is 186 Å². The number of aryl methyl sites for hydroxylation is 1. The van der Waals surface area contributed by atoms with Gasteiger partial charge in [-0.1, -0.05) is 53.0 Å². The van der Waals surface area contributed by atoms with Crippen LogP contribution in [-0.2, 0) is 13.2 Å². The van der Waals surface area contributed by atoms with Gasteiger partial charge in [-0.3, -0.25) is 0 Å². The number of hydrogen-bond donors (Lipinski definition) is 1. The van der Waals surface area contributed by atoms with Crippen LogP contribution in [0.4, 0.5) is 5.69 Å². The molecule has 152 valence electrons. The van der Waals surface area contributed by atoms with E-state index in [4.69, 9.17) is 44.3 Å². The molecule has 1 N–H and O–H groups in total. The minimum atomic E-state index is 0.371. The highest BCUT2D eigenvalue weighted by atomic mass is 35.5. The Hall–Kier alpha value is -2.07. The van der Waals surface area contributed by atoms with Gasteiger partial charge < -0.3 is 14.8 Å². The number of benzene rings is 3. The standard InChI is InChI=1S/C23H22Cl3NO2/c1-3-28-22-10-17(13-27-19-8-7-15(2)20(25)11-19)21(26)12-23(22)29-14-16-5-4-6-18(24)9-16/h4-12,27H,3,13-14H2,1-2H3. The van der Waals surface area contributed by atoms with E-state index in [1.54, 1.807) is 6.07 Å². The summed E-state index contributed by atoms with van der Waals surface area (Å²) >= 11 is 18.7. The molecule has 6 heteroatoms. The molecule has 3 nitrogen and oxygen atoms in total. The van der Waals surface area contributed by atoms with Gasteiger partial charge in [0.2, 0.25) is 0 Å².